The molecule has 0 saturated carbocycles. The van der Waals surface area contributed by atoms with Gasteiger partial charge in [0.15, 0.2) is 6.10 Å². The number of ether oxygens (including phenoxy) is 1. The second-order valence-corrected chi connectivity index (χ2v) is 18.0. The zero-order valence-electron chi connectivity index (χ0n) is 34.0. The molecule has 11 heteroatoms. The standard InChI is InChI=1S/C43H62N8O3/c1-29-37(39(50-19-14-43(6,7)15-20-50)38(30(2)46-29)40(41(52)53)54-42(3,4)5)32-9-10-33-27-51(16-11-31(33)25-32)36-26-35(44-28-45-36)49-17-12-34(13-18-49)48-23-21-47(8)22-24-48/h9-10,25-26,28,34,40H,11-24,27H2,1-8H3,(H,52,53)/t40-/m0/s1. The number of pyridine rings is 1. The number of aliphatic carboxylic acids is 1. The zero-order chi connectivity index (χ0) is 38.4. The Balaban J connectivity index is 1.14. The Bertz CT molecular complexity index is 1810. The van der Waals surface area contributed by atoms with Crippen LogP contribution in [0.4, 0.5) is 17.3 Å². The van der Waals surface area contributed by atoms with E-state index in [9.17, 15) is 9.90 Å². The number of benzene rings is 1. The van der Waals surface area contributed by atoms with Crippen LogP contribution in [0.15, 0.2) is 30.6 Å². The van der Waals surface area contributed by atoms with Crippen LogP contribution in [-0.2, 0) is 22.5 Å². The quantitative estimate of drug-likeness (QED) is 0.274. The number of fused-ring (bicyclic) bond motifs is 1. The van der Waals surface area contributed by atoms with Crippen molar-refractivity contribution in [3.8, 4) is 11.1 Å². The lowest BCUT2D eigenvalue weighted by molar-refractivity contribution is -0.160. The SMILES string of the molecule is Cc1nc(C)c([C@H](OC(C)(C)C)C(=O)O)c(N2CCC(C)(C)CC2)c1-c1ccc2c(c1)CCN(c1cc(N3CCC(N4CCN(C)CC4)CC3)ncn1)C2. The maximum atomic E-state index is 12.9. The Kier molecular flexibility index (Phi) is 11.0. The van der Waals surface area contributed by atoms with Crippen molar-refractivity contribution in [1.29, 1.82) is 0 Å². The van der Waals surface area contributed by atoms with Gasteiger partial charge in [0.2, 0.25) is 0 Å². The molecule has 0 radical (unpaired) electrons. The van der Waals surface area contributed by atoms with Crippen LogP contribution >= 0.6 is 0 Å². The van der Waals surface area contributed by atoms with E-state index in [1.807, 2.05) is 27.7 Å². The molecule has 4 aliphatic rings. The van der Waals surface area contributed by atoms with Gasteiger partial charge in [-0.1, -0.05) is 32.0 Å². The van der Waals surface area contributed by atoms with Gasteiger partial charge >= 0.3 is 5.97 Å². The third-order valence-electron chi connectivity index (χ3n) is 12.3. The lowest BCUT2D eigenvalue weighted by atomic mass is 9.81. The summed E-state index contributed by atoms with van der Waals surface area (Å²) in [5, 5.41) is 10.6. The molecule has 54 heavy (non-hydrogen) atoms. The number of carboxylic acids is 1. The molecule has 6 heterocycles. The maximum absolute atomic E-state index is 12.9. The van der Waals surface area contributed by atoms with Gasteiger partial charge in [-0.15, -0.1) is 0 Å². The molecule has 7 rings (SSSR count). The second kappa shape index (κ2) is 15.4. The van der Waals surface area contributed by atoms with Gasteiger partial charge < -0.3 is 29.4 Å². The highest BCUT2D eigenvalue weighted by molar-refractivity contribution is 5.88. The number of carbonyl (C=O) groups is 1. The fourth-order valence-corrected chi connectivity index (χ4v) is 8.99. The monoisotopic (exact) mass is 738 g/mol. The molecule has 292 valence electrons. The van der Waals surface area contributed by atoms with Gasteiger partial charge in [-0.2, -0.15) is 0 Å². The number of aromatic nitrogens is 3. The molecule has 11 nitrogen and oxygen atoms in total. The molecular formula is C43H62N8O3. The molecular weight excluding hydrogens is 677 g/mol. The summed E-state index contributed by atoms with van der Waals surface area (Å²) in [6.45, 7) is 24.5. The summed E-state index contributed by atoms with van der Waals surface area (Å²) in [7, 11) is 2.22. The van der Waals surface area contributed by atoms with Gasteiger partial charge in [0.1, 0.15) is 18.0 Å². The number of nitrogens with zero attached hydrogens (tertiary/aromatic N) is 8. The molecule has 1 aromatic carbocycles. The van der Waals surface area contributed by atoms with Gasteiger partial charge in [-0.3, -0.25) is 9.88 Å². The Hall–Kier alpha value is -3.80. The van der Waals surface area contributed by atoms with E-state index >= 15 is 0 Å². The zero-order valence-corrected chi connectivity index (χ0v) is 34.0. The number of piperidine rings is 2. The molecule has 0 bridgehead atoms. The lowest BCUT2D eigenvalue weighted by Gasteiger charge is -2.42. The third kappa shape index (κ3) is 8.38. The number of anilines is 3. The highest BCUT2D eigenvalue weighted by Crippen LogP contribution is 2.45. The summed E-state index contributed by atoms with van der Waals surface area (Å²) < 4.78 is 6.31. The van der Waals surface area contributed by atoms with Crippen molar-refractivity contribution in [2.24, 2.45) is 5.41 Å². The third-order valence-corrected chi connectivity index (χ3v) is 12.3. The average Bonchev–Trinajstić information content (AvgIpc) is 3.13. The molecule has 0 unspecified atom stereocenters. The largest absolute Gasteiger partial charge is 0.479 e. The fourth-order valence-electron chi connectivity index (χ4n) is 8.99. The first-order valence-electron chi connectivity index (χ1n) is 20.2. The van der Waals surface area contributed by atoms with Crippen molar-refractivity contribution >= 4 is 23.3 Å². The predicted molar refractivity (Wildman–Crippen MR) is 217 cm³/mol. The van der Waals surface area contributed by atoms with Crippen LogP contribution in [-0.4, -0.2) is 113 Å². The van der Waals surface area contributed by atoms with E-state index in [1.54, 1.807) is 6.33 Å². The molecule has 0 spiro atoms. The van der Waals surface area contributed by atoms with Gasteiger partial charge in [-0.25, -0.2) is 14.8 Å². The predicted octanol–water partition coefficient (Wildman–Crippen LogP) is 6.50. The van der Waals surface area contributed by atoms with Gasteiger partial charge in [-0.05, 0) is 95.9 Å². The number of rotatable bonds is 8. The van der Waals surface area contributed by atoms with Gasteiger partial charge in [0.05, 0.1) is 11.3 Å². The molecule has 1 atom stereocenters. The minimum atomic E-state index is -1.13. The van der Waals surface area contributed by atoms with Crippen molar-refractivity contribution in [1.82, 2.24) is 24.8 Å². The average molecular weight is 739 g/mol. The van der Waals surface area contributed by atoms with E-state index in [0.717, 1.165) is 106 Å². The number of carboxylic acid groups (broad SMARTS) is 1. The van der Waals surface area contributed by atoms with E-state index in [0.29, 0.717) is 17.3 Å². The Morgan fingerprint density at radius 3 is 2.17 bits per heavy atom. The molecule has 4 aliphatic heterocycles. The maximum Gasteiger partial charge on any atom is 0.337 e. The van der Waals surface area contributed by atoms with Crippen LogP contribution in [0.25, 0.3) is 11.1 Å². The highest BCUT2D eigenvalue weighted by atomic mass is 16.5. The molecule has 0 amide bonds. The van der Waals surface area contributed by atoms with Crippen molar-refractivity contribution in [3.05, 3.63) is 58.7 Å². The van der Waals surface area contributed by atoms with Crippen LogP contribution in [0.2, 0.25) is 0 Å². The summed E-state index contributed by atoms with van der Waals surface area (Å²) in [6, 6.07) is 9.64. The van der Waals surface area contributed by atoms with E-state index in [4.69, 9.17) is 19.7 Å². The van der Waals surface area contributed by atoms with Crippen molar-refractivity contribution in [3.63, 3.8) is 0 Å². The summed E-state index contributed by atoms with van der Waals surface area (Å²) in [6.07, 6.45) is 5.91. The summed E-state index contributed by atoms with van der Waals surface area (Å²) >= 11 is 0. The van der Waals surface area contributed by atoms with Crippen molar-refractivity contribution < 1.29 is 14.6 Å². The van der Waals surface area contributed by atoms with Gasteiger partial charge in [0.25, 0.3) is 0 Å². The van der Waals surface area contributed by atoms with E-state index in [-0.39, 0.29) is 5.41 Å². The molecule has 3 saturated heterocycles. The molecule has 0 aliphatic carbocycles. The highest BCUT2D eigenvalue weighted by Gasteiger charge is 2.37. The topological polar surface area (TPSA) is 101 Å². The molecule has 1 N–H and O–H groups in total. The Labute approximate surface area is 322 Å². The van der Waals surface area contributed by atoms with Crippen LogP contribution < -0.4 is 14.7 Å². The Morgan fingerprint density at radius 1 is 0.852 bits per heavy atom. The smallest absolute Gasteiger partial charge is 0.337 e. The van der Waals surface area contributed by atoms with Crippen LogP contribution in [0.1, 0.15) is 94.5 Å². The number of aryl methyl sites for hydroxylation is 2. The number of likely N-dealkylation sites (N-methyl/N-ethyl adjacent to an activating group) is 1. The minimum Gasteiger partial charge on any atom is -0.479 e. The first kappa shape index (κ1) is 38.5. The number of piperazine rings is 1. The lowest BCUT2D eigenvalue weighted by Crippen LogP contribution is -2.52. The normalized spacial score (nSPS) is 20.9. The first-order chi connectivity index (χ1) is 25.7. The molecule has 2 aromatic heterocycles. The minimum absolute atomic E-state index is 0.242. The van der Waals surface area contributed by atoms with E-state index in [1.165, 1.54) is 37.1 Å². The Morgan fingerprint density at radius 2 is 1.52 bits per heavy atom. The summed E-state index contributed by atoms with van der Waals surface area (Å²) in [5.41, 5.74) is 7.55. The summed E-state index contributed by atoms with van der Waals surface area (Å²) in [4.78, 5) is 39.8. The van der Waals surface area contributed by atoms with Crippen LogP contribution in [0.5, 0.6) is 0 Å². The van der Waals surface area contributed by atoms with Gasteiger partial charge in [0, 0.05) is 100 Å². The summed E-state index contributed by atoms with van der Waals surface area (Å²) in [5.74, 6) is 1.02. The van der Waals surface area contributed by atoms with Crippen LogP contribution in [0.3, 0.4) is 0 Å². The van der Waals surface area contributed by atoms with Crippen molar-refractivity contribution in [2.45, 2.75) is 105 Å². The number of hydrogen-bond acceptors (Lipinski definition) is 10. The first-order valence-corrected chi connectivity index (χ1v) is 20.2. The van der Waals surface area contributed by atoms with Crippen molar-refractivity contribution in [2.75, 3.05) is 80.7 Å². The number of hydrogen-bond donors (Lipinski definition) is 1. The van der Waals surface area contributed by atoms with E-state index < -0.39 is 17.7 Å². The molecule has 3 fully saturated rings. The second-order valence-electron chi connectivity index (χ2n) is 18.0. The van der Waals surface area contributed by atoms with E-state index in [2.05, 4.69) is 76.6 Å². The molecule has 3 aromatic rings. The van der Waals surface area contributed by atoms with Crippen LogP contribution in [0, 0.1) is 19.3 Å². The fraction of sp³-hybridized carbons (Fsp3) is 0.628.